The molecule has 3 N–H and O–H groups in total. The predicted molar refractivity (Wildman–Crippen MR) is 83.7 cm³/mol. The normalized spacial score (nSPS) is 21.2. The summed E-state index contributed by atoms with van der Waals surface area (Å²) < 4.78 is 0. The Morgan fingerprint density at radius 2 is 1.85 bits per heavy atom. The molecule has 2 unspecified atom stereocenters. The summed E-state index contributed by atoms with van der Waals surface area (Å²) in [7, 11) is 0. The predicted octanol–water partition coefficient (Wildman–Crippen LogP) is 0.646. The SMILES string of the molecule is CCNC(=O)C(C)N1CCCN(C(CC)CCN)CC1. The number of rotatable bonds is 7. The summed E-state index contributed by atoms with van der Waals surface area (Å²) in [6, 6.07) is 0.573. The molecule has 20 heavy (non-hydrogen) atoms. The fourth-order valence-electron chi connectivity index (χ4n) is 3.03. The highest BCUT2D eigenvalue weighted by Gasteiger charge is 2.25. The lowest BCUT2D eigenvalue weighted by molar-refractivity contribution is -0.125. The quantitative estimate of drug-likeness (QED) is 0.720. The van der Waals surface area contributed by atoms with Crippen molar-refractivity contribution in [2.75, 3.05) is 39.3 Å². The van der Waals surface area contributed by atoms with E-state index in [9.17, 15) is 4.79 Å². The van der Waals surface area contributed by atoms with Gasteiger partial charge in [-0.15, -0.1) is 0 Å². The molecule has 0 aromatic rings. The van der Waals surface area contributed by atoms with Gasteiger partial charge < -0.3 is 11.1 Å². The fourth-order valence-corrected chi connectivity index (χ4v) is 3.03. The van der Waals surface area contributed by atoms with Crippen molar-refractivity contribution in [1.82, 2.24) is 15.1 Å². The van der Waals surface area contributed by atoms with Crippen molar-refractivity contribution in [1.29, 1.82) is 0 Å². The second-order valence-corrected chi connectivity index (χ2v) is 5.64. The molecule has 0 radical (unpaired) electrons. The van der Waals surface area contributed by atoms with E-state index in [-0.39, 0.29) is 11.9 Å². The summed E-state index contributed by atoms with van der Waals surface area (Å²) >= 11 is 0. The Kier molecular flexibility index (Phi) is 8.11. The van der Waals surface area contributed by atoms with Crippen LogP contribution in [0.4, 0.5) is 0 Å². The Labute approximate surface area is 123 Å². The number of likely N-dealkylation sites (N-methyl/N-ethyl adjacent to an activating group) is 1. The Bertz CT molecular complexity index is 285. The van der Waals surface area contributed by atoms with E-state index in [4.69, 9.17) is 5.73 Å². The first-order chi connectivity index (χ1) is 9.63. The molecule has 0 saturated carbocycles. The van der Waals surface area contributed by atoms with Gasteiger partial charge in [-0.05, 0) is 46.2 Å². The van der Waals surface area contributed by atoms with Gasteiger partial charge in [0.05, 0.1) is 6.04 Å². The molecule has 1 fully saturated rings. The third kappa shape index (κ3) is 5.04. The summed E-state index contributed by atoms with van der Waals surface area (Å²) in [6.45, 7) is 11.8. The summed E-state index contributed by atoms with van der Waals surface area (Å²) in [5.41, 5.74) is 5.71. The van der Waals surface area contributed by atoms with Crippen molar-refractivity contribution >= 4 is 5.91 Å². The van der Waals surface area contributed by atoms with E-state index in [1.54, 1.807) is 0 Å². The number of nitrogens with zero attached hydrogens (tertiary/aromatic N) is 2. The fraction of sp³-hybridized carbons (Fsp3) is 0.933. The number of carbonyl (C=O) groups excluding carboxylic acids is 1. The molecule has 2 atom stereocenters. The standard InChI is InChI=1S/C15H32N4O/c1-4-14(7-8-16)19-10-6-9-18(11-12-19)13(3)15(20)17-5-2/h13-14H,4-12,16H2,1-3H3,(H,17,20). The van der Waals surface area contributed by atoms with Gasteiger partial charge in [0, 0.05) is 32.2 Å². The van der Waals surface area contributed by atoms with E-state index in [1.165, 1.54) is 0 Å². The first kappa shape index (κ1) is 17.4. The van der Waals surface area contributed by atoms with Crippen molar-refractivity contribution in [2.45, 2.75) is 52.1 Å². The van der Waals surface area contributed by atoms with Gasteiger partial charge in [0.15, 0.2) is 0 Å². The summed E-state index contributed by atoms with van der Waals surface area (Å²) in [4.78, 5) is 16.8. The van der Waals surface area contributed by atoms with Crippen LogP contribution in [0.2, 0.25) is 0 Å². The first-order valence-electron chi connectivity index (χ1n) is 8.09. The van der Waals surface area contributed by atoms with Crippen LogP contribution in [0.25, 0.3) is 0 Å². The van der Waals surface area contributed by atoms with E-state index >= 15 is 0 Å². The van der Waals surface area contributed by atoms with Crippen LogP contribution in [0.5, 0.6) is 0 Å². The number of carbonyl (C=O) groups is 1. The van der Waals surface area contributed by atoms with Crippen molar-refractivity contribution in [3.8, 4) is 0 Å². The van der Waals surface area contributed by atoms with E-state index < -0.39 is 0 Å². The van der Waals surface area contributed by atoms with Crippen LogP contribution in [-0.4, -0.2) is 67.1 Å². The maximum absolute atomic E-state index is 11.9. The van der Waals surface area contributed by atoms with Gasteiger partial charge in [0.1, 0.15) is 0 Å². The first-order valence-corrected chi connectivity index (χ1v) is 8.09. The Balaban J connectivity index is 2.51. The number of hydrogen-bond donors (Lipinski definition) is 2. The Morgan fingerprint density at radius 3 is 2.45 bits per heavy atom. The van der Waals surface area contributed by atoms with E-state index in [2.05, 4.69) is 22.0 Å². The molecule has 0 aliphatic carbocycles. The maximum Gasteiger partial charge on any atom is 0.237 e. The minimum absolute atomic E-state index is 0.0236. The zero-order valence-electron chi connectivity index (χ0n) is 13.4. The van der Waals surface area contributed by atoms with Gasteiger partial charge in [-0.2, -0.15) is 0 Å². The zero-order chi connectivity index (χ0) is 15.0. The molecule has 5 nitrogen and oxygen atoms in total. The molecule has 1 aliphatic heterocycles. The minimum atomic E-state index is -0.0236. The number of amides is 1. The average molecular weight is 284 g/mol. The van der Waals surface area contributed by atoms with Gasteiger partial charge in [0.25, 0.3) is 0 Å². The van der Waals surface area contributed by atoms with Gasteiger partial charge in [-0.3, -0.25) is 14.6 Å². The molecule has 1 rings (SSSR count). The van der Waals surface area contributed by atoms with E-state index in [0.29, 0.717) is 12.6 Å². The maximum atomic E-state index is 11.9. The van der Waals surface area contributed by atoms with Crippen LogP contribution >= 0.6 is 0 Å². The van der Waals surface area contributed by atoms with Crippen LogP contribution in [0, 0.1) is 0 Å². The lowest BCUT2D eigenvalue weighted by atomic mass is 10.1. The lowest BCUT2D eigenvalue weighted by Gasteiger charge is -2.30. The molecule has 0 bridgehead atoms. The van der Waals surface area contributed by atoms with Crippen LogP contribution < -0.4 is 11.1 Å². The molecule has 1 amide bonds. The Morgan fingerprint density at radius 1 is 1.20 bits per heavy atom. The third-order valence-electron chi connectivity index (χ3n) is 4.33. The summed E-state index contributed by atoms with van der Waals surface area (Å²) in [5.74, 6) is 0.148. The van der Waals surface area contributed by atoms with E-state index in [0.717, 1.165) is 52.0 Å². The molecule has 1 aliphatic rings. The number of hydrogen-bond acceptors (Lipinski definition) is 4. The van der Waals surface area contributed by atoms with Crippen molar-refractivity contribution in [2.24, 2.45) is 5.73 Å². The van der Waals surface area contributed by atoms with Crippen molar-refractivity contribution in [3.05, 3.63) is 0 Å². The summed E-state index contributed by atoms with van der Waals surface area (Å²) in [5, 5.41) is 2.92. The molecule has 0 aromatic carbocycles. The number of nitrogens with two attached hydrogens (primary N) is 1. The van der Waals surface area contributed by atoms with Gasteiger partial charge in [-0.25, -0.2) is 0 Å². The number of nitrogens with one attached hydrogen (secondary N) is 1. The van der Waals surface area contributed by atoms with Crippen LogP contribution in [-0.2, 0) is 4.79 Å². The smallest absolute Gasteiger partial charge is 0.237 e. The molecular weight excluding hydrogens is 252 g/mol. The van der Waals surface area contributed by atoms with Crippen LogP contribution in [0.3, 0.4) is 0 Å². The largest absolute Gasteiger partial charge is 0.355 e. The average Bonchev–Trinajstić information content (AvgIpc) is 2.70. The molecule has 0 aromatic heterocycles. The Hall–Kier alpha value is -0.650. The van der Waals surface area contributed by atoms with Crippen molar-refractivity contribution in [3.63, 3.8) is 0 Å². The second-order valence-electron chi connectivity index (χ2n) is 5.64. The van der Waals surface area contributed by atoms with Crippen LogP contribution in [0.1, 0.15) is 40.0 Å². The van der Waals surface area contributed by atoms with Crippen LogP contribution in [0.15, 0.2) is 0 Å². The highest BCUT2D eigenvalue weighted by Crippen LogP contribution is 2.13. The second kappa shape index (κ2) is 9.32. The highest BCUT2D eigenvalue weighted by atomic mass is 16.2. The third-order valence-corrected chi connectivity index (χ3v) is 4.33. The summed E-state index contributed by atoms with van der Waals surface area (Å²) in [6.07, 6.45) is 3.36. The molecule has 5 heteroatoms. The monoisotopic (exact) mass is 284 g/mol. The molecule has 1 heterocycles. The molecular formula is C15H32N4O. The lowest BCUT2D eigenvalue weighted by Crippen LogP contribution is -2.47. The molecule has 0 spiro atoms. The van der Waals surface area contributed by atoms with E-state index in [1.807, 2.05) is 13.8 Å². The van der Waals surface area contributed by atoms with Gasteiger partial charge >= 0.3 is 0 Å². The topological polar surface area (TPSA) is 61.6 Å². The zero-order valence-corrected chi connectivity index (χ0v) is 13.4. The van der Waals surface area contributed by atoms with Gasteiger partial charge in [-0.1, -0.05) is 6.92 Å². The van der Waals surface area contributed by atoms with Crippen molar-refractivity contribution < 1.29 is 4.79 Å². The van der Waals surface area contributed by atoms with Gasteiger partial charge in [0.2, 0.25) is 5.91 Å². The molecule has 118 valence electrons. The molecule has 1 saturated heterocycles. The minimum Gasteiger partial charge on any atom is -0.355 e. The highest BCUT2D eigenvalue weighted by molar-refractivity contribution is 5.81.